The summed E-state index contributed by atoms with van der Waals surface area (Å²) >= 11 is 6.80. The molecule has 1 fully saturated rings. The Morgan fingerprint density at radius 3 is 2.58 bits per heavy atom. The number of rotatable bonds is 3. The first-order valence-electron chi connectivity index (χ1n) is 6.60. The monoisotopic (exact) mass is 388 g/mol. The normalized spacial score (nSPS) is 16.3. The number of nitrogens with two attached hydrogens (primary N) is 1. The summed E-state index contributed by atoms with van der Waals surface area (Å²) in [5, 5.41) is 2.92. The Morgan fingerprint density at radius 2 is 1.95 bits per heavy atom. The van der Waals surface area contributed by atoms with Crippen molar-refractivity contribution in [2.24, 2.45) is 5.92 Å². The first kappa shape index (κ1) is 14.9. The highest BCUT2D eigenvalue weighted by atomic mass is 79.9. The summed E-state index contributed by atoms with van der Waals surface area (Å²) in [6, 6.07) is 3.67. The SMILES string of the molecule is Nc1cc(Br)cc(Br)c1NC(=O)CC1CCCCC1. The van der Waals surface area contributed by atoms with Crippen LogP contribution in [-0.2, 0) is 4.79 Å². The van der Waals surface area contributed by atoms with Crippen molar-refractivity contribution in [2.45, 2.75) is 38.5 Å². The summed E-state index contributed by atoms with van der Waals surface area (Å²) in [6.45, 7) is 0. The van der Waals surface area contributed by atoms with Crippen LogP contribution in [0.2, 0.25) is 0 Å². The number of hydrogen-bond acceptors (Lipinski definition) is 2. The summed E-state index contributed by atoms with van der Waals surface area (Å²) in [5.41, 5.74) is 7.17. The van der Waals surface area contributed by atoms with E-state index >= 15 is 0 Å². The van der Waals surface area contributed by atoms with Crippen LogP contribution in [0.25, 0.3) is 0 Å². The maximum absolute atomic E-state index is 12.1. The molecule has 2 rings (SSSR count). The van der Waals surface area contributed by atoms with Crippen molar-refractivity contribution in [3.05, 3.63) is 21.1 Å². The average Bonchev–Trinajstić information content (AvgIpc) is 2.35. The minimum Gasteiger partial charge on any atom is -0.397 e. The second kappa shape index (κ2) is 6.75. The lowest BCUT2D eigenvalue weighted by Crippen LogP contribution is -2.19. The van der Waals surface area contributed by atoms with Crippen molar-refractivity contribution >= 4 is 49.1 Å². The van der Waals surface area contributed by atoms with Crippen LogP contribution in [0.15, 0.2) is 21.1 Å². The zero-order valence-electron chi connectivity index (χ0n) is 10.7. The van der Waals surface area contributed by atoms with Gasteiger partial charge in [-0.25, -0.2) is 0 Å². The fourth-order valence-electron chi connectivity index (χ4n) is 2.57. The van der Waals surface area contributed by atoms with Crippen molar-refractivity contribution in [1.82, 2.24) is 0 Å². The van der Waals surface area contributed by atoms with Crippen molar-refractivity contribution in [1.29, 1.82) is 0 Å². The molecule has 0 saturated heterocycles. The lowest BCUT2D eigenvalue weighted by Gasteiger charge is -2.21. The van der Waals surface area contributed by atoms with E-state index in [1.165, 1.54) is 32.1 Å². The number of nitrogen functional groups attached to an aromatic ring is 1. The fourth-order valence-corrected chi connectivity index (χ4v) is 3.93. The van der Waals surface area contributed by atoms with Gasteiger partial charge in [0.15, 0.2) is 0 Å². The van der Waals surface area contributed by atoms with Crippen LogP contribution in [0.1, 0.15) is 38.5 Å². The Balaban J connectivity index is 1.98. The Kier molecular flexibility index (Phi) is 5.28. The van der Waals surface area contributed by atoms with E-state index in [9.17, 15) is 4.79 Å². The second-order valence-corrected chi connectivity index (χ2v) is 6.88. The molecule has 1 amide bonds. The van der Waals surface area contributed by atoms with E-state index in [1.54, 1.807) is 6.07 Å². The molecule has 0 aliphatic heterocycles. The maximum Gasteiger partial charge on any atom is 0.224 e. The number of carbonyl (C=O) groups is 1. The van der Waals surface area contributed by atoms with Gasteiger partial charge in [-0.1, -0.05) is 35.2 Å². The van der Waals surface area contributed by atoms with Crippen LogP contribution in [0.5, 0.6) is 0 Å². The van der Waals surface area contributed by atoms with E-state index in [0.29, 0.717) is 23.7 Å². The first-order chi connectivity index (χ1) is 9.06. The van der Waals surface area contributed by atoms with Gasteiger partial charge in [-0.3, -0.25) is 4.79 Å². The van der Waals surface area contributed by atoms with Crippen molar-refractivity contribution < 1.29 is 4.79 Å². The van der Waals surface area contributed by atoms with Crippen LogP contribution in [0.3, 0.4) is 0 Å². The lowest BCUT2D eigenvalue weighted by molar-refractivity contribution is -0.117. The molecule has 0 heterocycles. The van der Waals surface area contributed by atoms with Crippen molar-refractivity contribution in [2.75, 3.05) is 11.1 Å². The van der Waals surface area contributed by atoms with Gasteiger partial charge in [0, 0.05) is 15.4 Å². The Hall–Kier alpha value is -0.550. The molecule has 1 saturated carbocycles. The maximum atomic E-state index is 12.1. The molecule has 5 heteroatoms. The Bertz CT molecular complexity index is 448. The number of benzene rings is 1. The van der Waals surface area contributed by atoms with Gasteiger partial charge < -0.3 is 11.1 Å². The zero-order valence-corrected chi connectivity index (χ0v) is 13.9. The molecular formula is C14H18Br2N2O. The van der Waals surface area contributed by atoms with Crippen molar-refractivity contribution in [3.8, 4) is 0 Å². The number of hydrogen-bond donors (Lipinski definition) is 2. The number of amides is 1. The molecule has 1 aromatic rings. The molecule has 0 atom stereocenters. The van der Waals surface area contributed by atoms with E-state index in [0.717, 1.165) is 8.95 Å². The summed E-state index contributed by atoms with van der Waals surface area (Å²) in [7, 11) is 0. The highest BCUT2D eigenvalue weighted by Crippen LogP contribution is 2.33. The third kappa shape index (κ3) is 4.21. The Morgan fingerprint density at radius 1 is 1.26 bits per heavy atom. The van der Waals surface area contributed by atoms with Gasteiger partial charge in [0.05, 0.1) is 11.4 Å². The summed E-state index contributed by atoms with van der Waals surface area (Å²) < 4.78 is 1.69. The third-order valence-corrected chi connectivity index (χ3v) is 4.63. The van der Waals surface area contributed by atoms with Crippen molar-refractivity contribution in [3.63, 3.8) is 0 Å². The summed E-state index contributed by atoms with van der Waals surface area (Å²) in [6.07, 6.45) is 6.75. The quantitative estimate of drug-likeness (QED) is 0.736. The molecule has 1 aliphatic rings. The predicted molar refractivity (Wildman–Crippen MR) is 86.1 cm³/mol. The number of carbonyl (C=O) groups excluding carboxylic acids is 1. The minimum absolute atomic E-state index is 0.0571. The van der Waals surface area contributed by atoms with Gasteiger partial charge in [0.25, 0.3) is 0 Å². The summed E-state index contributed by atoms with van der Waals surface area (Å²) in [5.74, 6) is 0.589. The molecular weight excluding hydrogens is 372 g/mol. The van der Waals surface area contributed by atoms with Gasteiger partial charge in [-0.2, -0.15) is 0 Å². The minimum atomic E-state index is 0.0571. The standard InChI is InChI=1S/C14H18Br2N2O/c15-10-7-11(16)14(12(17)8-10)18-13(19)6-9-4-2-1-3-5-9/h7-9H,1-6,17H2,(H,18,19). The molecule has 0 bridgehead atoms. The molecule has 0 spiro atoms. The smallest absolute Gasteiger partial charge is 0.224 e. The van der Waals surface area contributed by atoms with E-state index in [1.807, 2.05) is 6.07 Å². The van der Waals surface area contributed by atoms with Gasteiger partial charge in [-0.05, 0) is 46.8 Å². The highest BCUT2D eigenvalue weighted by molar-refractivity contribution is 9.11. The molecule has 0 radical (unpaired) electrons. The second-order valence-electron chi connectivity index (χ2n) is 5.11. The van der Waals surface area contributed by atoms with E-state index in [2.05, 4.69) is 37.2 Å². The van der Waals surface area contributed by atoms with Crippen LogP contribution < -0.4 is 11.1 Å². The number of halogens is 2. The Labute approximate surface area is 130 Å². The van der Waals surface area contributed by atoms with Crippen LogP contribution in [0, 0.1) is 5.92 Å². The largest absolute Gasteiger partial charge is 0.397 e. The molecule has 1 aromatic carbocycles. The van der Waals surface area contributed by atoms with E-state index in [4.69, 9.17) is 5.73 Å². The molecule has 104 valence electrons. The van der Waals surface area contributed by atoms with Gasteiger partial charge in [-0.15, -0.1) is 0 Å². The fraction of sp³-hybridized carbons (Fsp3) is 0.500. The summed E-state index contributed by atoms with van der Waals surface area (Å²) in [4.78, 5) is 12.1. The molecule has 3 nitrogen and oxygen atoms in total. The zero-order chi connectivity index (χ0) is 13.8. The molecule has 3 N–H and O–H groups in total. The van der Waals surface area contributed by atoms with E-state index < -0.39 is 0 Å². The third-order valence-electron chi connectivity index (χ3n) is 3.55. The lowest BCUT2D eigenvalue weighted by atomic mass is 9.87. The average molecular weight is 390 g/mol. The predicted octanol–water partition coefficient (Wildman–Crippen LogP) is 4.70. The highest BCUT2D eigenvalue weighted by Gasteiger charge is 2.18. The van der Waals surface area contributed by atoms with Crippen LogP contribution in [-0.4, -0.2) is 5.91 Å². The van der Waals surface area contributed by atoms with Crippen LogP contribution in [0.4, 0.5) is 11.4 Å². The topological polar surface area (TPSA) is 55.1 Å². The van der Waals surface area contributed by atoms with Gasteiger partial charge >= 0.3 is 0 Å². The molecule has 1 aliphatic carbocycles. The molecule has 0 aromatic heterocycles. The number of anilines is 2. The van der Waals surface area contributed by atoms with Gasteiger partial charge in [0.2, 0.25) is 5.91 Å². The van der Waals surface area contributed by atoms with Crippen LogP contribution >= 0.6 is 31.9 Å². The van der Waals surface area contributed by atoms with Gasteiger partial charge in [0.1, 0.15) is 0 Å². The number of nitrogens with one attached hydrogen (secondary N) is 1. The van der Waals surface area contributed by atoms with E-state index in [-0.39, 0.29) is 5.91 Å². The molecule has 19 heavy (non-hydrogen) atoms. The first-order valence-corrected chi connectivity index (χ1v) is 8.19. The molecule has 0 unspecified atom stereocenters.